The largest absolute Gasteiger partial charge is 0.490 e. The molecule has 2 aromatic carbocycles. The van der Waals surface area contributed by atoms with Gasteiger partial charge in [0.15, 0.2) is 11.5 Å². The number of para-hydroxylation sites is 1. The van der Waals surface area contributed by atoms with Gasteiger partial charge in [-0.15, -0.1) is 0 Å². The Morgan fingerprint density at radius 3 is 2.31 bits per heavy atom. The van der Waals surface area contributed by atoms with E-state index in [9.17, 15) is 0 Å². The quantitative estimate of drug-likeness (QED) is 0.661. The number of hydrogen-bond acceptors (Lipinski definition) is 4. The Kier molecular flexibility index (Phi) is 7.18. The van der Waals surface area contributed by atoms with Crippen molar-refractivity contribution in [3.8, 4) is 17.2 Å². The van der Waals surface area contributed by atoms with Crippen LogP contribution in [0.3, 0.4) is 0 Å². The molecule has 0 saturated heterocycles. The molecular weight excluding hydrogens is 350 g/mol. The Bertz CT molecular complexity index is 726. The van der Waals surface area contributed by atoms with Gasteiger partial charge in [0.1, 0.15) is 19.0 Å². The molecule has 5 heteroatoms. The Morgan fingerprint density at radius 1 is 0.962 bits per heavy atom. The molecule has 0 saturated carbocycles. The second-order valence-corrected chi connectivity index (χ2v) is 7.39. The Hall–Kier alpha value is -1.91. The van der Waals surface area contributed by atoms with Crippen molar-refractivity contribution in [1.82, 2.24) is 0 Å². The lowest BCUT2D eigenvalue weighted by Gasteiger charge is -2.22. The molecule has 0 atom stereocenters. The van der Waals surface area contributed by atoms with Crippen molar-refractivity contribution in [2.24, 2.45) is 5.73 Å². The molecule has 4 nitrogen and oxygen atoms in total. The molecular formula is C21H28ClNO3. The van der Waals surface area contributed by atoms with Gasteiger partial charge in [-0.2, -0.15) is 0 Å². The zero-order valence-electron chi connectivity index (χ0n) is 16.0. The first-order valence-corrected chi connectivity index (χ1v) is 9.25. The van der Waals surface area contributed by atoms with Crippen molar-refractivity contribution >= 4 is 11.6 Å². The highest BCUT2D eigenvalue weighted by Gasteiger charge is 2.18. The van der Waals surface area contributed by atoms with E-state index in [0.717, 1.165) is 11.3 Å². The van der Waals surface area contributed by atoms with E-state index < -0.39 is 0 Å². The molecule has 0 aliphatic carbocycles. The lowest BCUT2D eigenvalue weighted by atomic mass is 9.86. The molecule has 0 unspecified atom stereocenters. The van der Waals surface area contributed by atoms with Gasteiger partial charge in [0.25, 0.3) is 0 Å². The molecule has 0 heterocycles. The van der Waals surface area contributed by atoms with Crippen molar-refractivity contribution in [3.63, 3.8) is 0 Å². The van der Waals surface area contributed by atoms with Crippen LogP contribution in [-0.2, 0) is 12.0 Å². The predicted octanol–water partition coefficient (Wildman–Crippen LogP) is 4.95. The fraction of sp³-hybridized carbons (Fsp3) is 0.429. The van der Waals surface area contributed by atoms with Crippen LogP contribution in [0.5, 0.6) is 17.2 Å². The van der Waals surface area contributed by atoms with Crippen LogP contribution < -0.4 is 19.9 Å². The second kappa shape index (κ2) is 9.15. The summed E-state index contributed by atoms with van der Waals surface area (Å²) >= 11 is 6.33. The van der Waals surface area contributed by atoms with Crippen molar-refractivity contribution in [3.05, 3.63) is 52.5 Å². The monoisotopic (exact) mass is 377 g/mol. The standard InChI is InChI=1S/C21H28ClNO3/c1-5-24-19-13-15(14-23)12-17(22)20(19)26-11-10-25-18-9-7-6-8-16(18)21(2,3)4/h6-9,12-13H,5,10-11,14,23H2,1-4H3. The first-order valence-electron chi connectivity index (χ1n) is 8.87. The van der Waals surface area contributed by atoms with Crippen LogP contribution in [0.4, 0.5) is 0 Å². The Balaban J connectivity index is 2.03. The minimum atomic E-state index is 0.0148. The lowest BCUT2D eigenvalue weighted by molar-refractivity contribution is 0.206. The van der Waals surface area contributed by atoms with Crippen LogP contribution in [0.15, 0.2) is 36.4 Å². The third kappa shape index (κ3) is 5.29. The average molecular weight is 378 g/mol. The molecule has 26 heavy (non-hydrogen) atoms. The van der Waals surface area contributed by atoms with Crippen LogP contribution >= 0.6 is 11.6 Å². The van der Waals surface area contributed by atoms with Gasteiger partial charge in [-0.1, -0.05) is 50.6 Å². The summed E-state index contributed by atoms with van der Waals surface area (Å²) in [5.41, 5.74) is 7.78. The van der Waals surface area contributed by atoms with Crippen molar-refractivity contribution in [2.75, 3.05) is 19.8 Å². The Labute approximate surface area is 161 Å². The van der Waals surface area contributed by atoms with Gasteiger partial charge < -0.3 is 19.9 Å². The van der Waals surface area contributed by atoms with Crippen LogP contribution in [0.2, 0.25) is 5.02 Å². The van der Waals surface area contributed by atoms with Gasteiger partial charge in [-0.25, -0.2) is 0 Å². The number of nitrogens with two attached hydrogens (primary N) is 1. The SMILES string of the molecule is CCOc1cc(CN)cc(Cl)c1OCCOc1ccccc1C(C)(C)C. The predicted molar refractivity (Wildman–Crippen MR) is 107 cm³/mol. The van der Waals surface area contributed by atoms with Gasteiger partial charge in [-0.3, -0.25) is 0 Å². The number of ether oxygens (including phenoxy) is 3. The maximum absolute atomic E-state index is 6.33. The van der Waals surface area contributed by atoms with E-state index in [4.69, 9.17) is 31.5 Å². The molecule has 0 bridgehead atoms. The van der Waals surface area contributed by atoms with E-state index >= 15 is 0 Å². The van der Waals surface area contributed by atoms with E-state index in [1.807, 2.05) is 31.2 Å². The number of halogens is 1. The smallest absolute Gasteiger partial charge is 0.179 e. The summed E-state index contributed by atoms with van der Waals surface area (Å²) < 4.78 is 17.4. The topological polar surface area (TPSA) is 53.7 Å². The lowest BCUT2D eigenvalue weighted by Crippen LogP contribution is -2.16. The molecule has 0 aliphatic heterocycles. The third-order valence-electron chi connectivity index (χ3n) is 3.89. The van der Waals surface area contributed by atoms with Gasteiger partial charge in [0.05, 0.1) is 11.6 Å². The van der Waals surface area contributed by atoms with Crippen LogP contribution in [-0.4, -0.2) is 19.8 Å². The van der Waals surface area contributed by atoms with E-state index in [0.29, 0.717) is 42.9 Å². The fourth-order valence-corrected chi connectivity index (χ4v) is 2.94. The van der Waals surface area contributed by atoms with Crippen LogP contribution in [0.1, 0.15) is 38.8 Å². The van der Waals surface area contributed by atoms with Crippen molar-refractivity contribution < 1.29 is 14.2 Å². The molecule has 2 rings (SSSR count). The Morgan fingerprint density at radius 2 is 1.65 bits per heavy atom. The summed E-state index contributed by atoms with van der Waals surface area (Å²) in [6.45, 7) is 10.1. The molecule has 2 N–H and O–H groups in total. The van der Waals surface area contributed by atoms with Crippen molar-refractivity contribution in [1.29, 1.82) is 0 Å². The number of benzene rings is 2. The van der Waals surface area contributed by atoms with E-state index in [-0.39, 0.29) is 5.41 Å². The minimum Gasteiger partial charge on any atom is -0.490 e. The van der Waals surface area contributed by atoms with Gasteiger partial charge in [0, 0.05) is 6.54 Å². The van der Waals surface area contributed by atoms with Gasteiger partial charge in [-0.05, 0) is 41.7 Å². The first-order chi connectivity index (χ1) is 12.4. The van der Waals surface area contributed by atoms with Gasteiger partial charge >= 0.3 is 0 Å². The zero-order chi connectivity index (χ0) is 19.2. The van der Waals surface area contributed by atoms with Crippen LogP contribution in [0.25, 0.3) is 0 Å². The normalized spacial score (nSPS) is 11.3. The van der Waals surface area contributed by atoms with E-state index in [2.05, 4.69) is 26.8 Å². The molecule has 142 valence electrons. The summed E-state index contributed by atoms with van der Waals surface area (Å²) in [6, 6.07) is 11.7. The molecule has 0 amide bonds. The summed E-state index contributed by atoms with van der Waals surface area (Å²) in [5, 5.41) is 0.492. The first kappa shape index (κ1) is 20.4. The third-order valence-corrected chi connectivity index (χ3v) is 4.17. The molecule has 0 fully saturated rings. The zero-order valence-corrected chi connectivity index (χ0v) is 16.7. The second-order valence-electron chi connectivity index (χ2n) is 6.99. The van der Waals surface area contributed by atoms with E-state index in [1.165, 1.54) is 5.56 Å². The highest BCUT2D eigenvalue weighted by molar-refractivity contribution is 6.32. The summed E-state index contributed by atoms with van der Waals surface area (Å²) in [7, 11) is 0. The summed E-state index contributed by atoms with van der Waals surface area (Å²) in [5.74, 6) is 2.01. The summed E-state index contributed by atoms with van der Waals surface area (Å²) in [6.07, 6.45) is 0. The number of hydrogen-bond donors (Lipinski definition) is 1. The molecule has 0 aliphatic rings. The average Bonchev–Trinajstić information content (AvgIpc) is 2.59. The van der Waals surface area contributed by atoms with Crippen molar-refractivity contribution in [2.45, 2.75) is 39.7 Å². The minimum absolute atomic E-state index is 0.0148. The highest BCUT2D eigenvalue weighted by atomic mass is 35.5. The van der Waals surface area contributed by atoms with E-state index in [1.54, 1.807) is 6.07 Å². The maximum atomic E-state index is 6.33. The molecule has 0 radical (unpaired) electrons. The molecule has 2 aromatic rings. The molecule has 0 aromatic heterocycles. The van der Waals surface area contributed by atoms with Crippen LogP contribution in [0, 0.1) is 0 Å². The summed E-state index contributed by atoms with van der Waals surface area (Å²) in [4.78, 5) is 0. The highest BCUT2D eigenvalue weighted by Crippen LogP contribution is 2.37. The number of rotatable bonds is 8. The molecule has 0 spiro atoms. The van der Waals surface area contributed by atoms with Gasteiger partial charge in [0.2, 0.25) is 0 Å². The fourth-order valence-electron chi connectivity index (χ4n) is 2.65. The maximum Gasteiger partial charge on any atom is 0.179 e.